The summed E-state index contributed by atoms with van der Waals surface area (Å²) in [4.78, 5) is 6.25. The topological polar surface area (TPSA) is 85.4 Å². The predicted octanol–water partition coefficient (Wildman–Crippen LogP) is 3.84. The number of anilines is 1. The van der Waals surface area contributed by atoms with E-state index >= 15 is 0 Å². The summed E-state index contributed by atoms with van der Waals surface area (Å²) in [6, 6.07) is 13.0. The predicted molar refractivity (Wildman–Crippen MR) is 103 cm³/mol. The van der Waals surface area contributed by atoms with Gasteiger partial charge in [-0.3, -0.25) is 5.41 Å². The summed E-state index contributed by atoms with van der Waals surface area (Å²) >= 11 is 0. The minimum Gasteiger partial charge on any atom is -0.509 e. The first-order valence-corrected chi connectivity index (χ1v) is 8.55. The quantitative estimate of drug-likeness (QED) is 0.671. The van der Waals surface area contributed by atoms with Gasteiger partial charge in [0.15, 0.2) is 0 Å². The number of hydrogen-bond donors (Lipinski definition) is 3. The molecule has 0 radical (unpaired) electrons. The van der Waals surface area contributed by atoms with Crippen LogP contribution in [0.4, 0.5) is 5.69 Å². The highest BCUT2D eigenvalue weighted by molar-refractivity contribution is 6.30. The molecule has 3 N–H and O–H groups in total. The van der Waals surface area contributed by atoms with E-state index in [1.165, 1.54) is 0 Å². The zero-order valence-electron chi connectivity index (χ0n) is 14.7. The van der Waals surface area contributed by atoms with Crippen molar-refractivity contribution in [3.63, 3.8) is 0 Å². The summed E-state index contributed by atoms with van der Waals surface area (Å²) in [5, 5.41) is 29.4. The summed E-state index contributed by atoms with van der Waals surface area (Å²) in [6.45, 7) is 4.75. The Kier molecular flexibility index (Phi) is 3.68. The number of fused-ring (bicyclic) bond motifs is 1. The van der Waals surface area contributed by atoms with Crippen molar-refractivity contribution in [2.45, 2.75) is 20.4 Å². The van der Waals surface area contributed by atoms with Crippen molar-refractivity contribution >= 4 is 28.1 Å². The number of amidine groups is 1. The fourth-order valence-electron chi connectivity index (χ4n) is 3.46. The Bertz CT molecular complexity index is 1060. The van der Waals surface area contributed by atoms with Crippen LogP contribution in [0.1, 0.15) is 18.3 Å². The van der Waals surface area contributed by atoms with Crippen molar-refractivity contribution in [3.05, 3.63) is 59.6 Å². The number of aryl methyl sites for hydroxylation is 2. The Morgan fingerprint density at radius 3 is 2.69 bits per heavy atom. The molecule has 0 fully saturated rings. The van der Waals surface area contributed by atoms with Gasteiger partial charge in [0.1, 0.15) is 23.2 Å². The number of phenolic OH excluding ortho intramolecular Hbond substituents is 1. The molecule has 1 aliphatic heterocycles. The fourth-order valence-corrected chi connectivity index (χ4v) is 3.46. The van der Waals surface area contributed by atoms with Gasteiger partial charge in [0, 0.05) is 6.54 Å². The van der Waals surface area contributed by atoms with Gasteiger partial charge in [-0.25, -0.2) is 4.98 Å². The Morgan fingerprint density at radius 1 is 1.15 bits per heavy atom. The largest absolute Gasteiger partial charge is 0.509 e. The van der Waals surface area contributed by atoms with Gasteiger partial charge in [0.2, 0.25) is 0 Å². The number of rotatable bonds is 3. The van der Waals surface area contributed by atoms with Crippen molar-refractivity contribution in [1.82, 2.24) is 9.55 Å². The van der Waals surface area contributed by atoms with E-state index < -0.39 is 0 Å². The maximum Gasteiger partial charge on any atom is 0.148 e. The molecule has 0 saturated carbocycles. The van der Waals surface area contributed by atoms with Crippen molar-refractivity contribution < 1.29 is 10.2 Å². The zero-order valence-corrected chi connectivity index (χ0v) is 14.7. The lowest BCUT2D eigenvalue weighted by molar-refractivity contribution is 0.410. The number of nitrogens with one attached hydrogen (secondary N) is 1. The highest BCUT2D eigenvalue weighted by atomic mass is 16.3. The first kappa shape index (κ1) is 16.2. The van der Waals surface area contributed by atoms with Crippen LogP contribution in [0.25, 0.3) is 16.6 Å². The minimum absolute atomic E-state index is 0.0818. The summed E-state index contributed by atoms with van der Waals surface area (Å²) in [5.41, 5.74) is 3.68. The molecule has 132 valence electrons. The summed E-state index contributed by atoms with van der Waals surface area (Å²) < 4.78 is 2.00. The molecule has 1 aromatic heterocycles. The maximum absolute atomic E-state index is 10.6. The zero-order chi connectivity index (χ0) is 18.4. The Balaban J connectivity index is 1.82. The first-order valence-electron chi connectivity index (χ1n) is 8.55. The number of phenols is 1. The summed E-state index contributed by atoms with van der Waals surface area (Å²) in [6.07, 6.45) is 0. The number of nitrogens with zero attached hydrogens (tertiary/aromatic N) is 3. The molecule has 6 heteroatoms. The molecule has 0 bridgehead atoms. The molecule has 0 amide bonds. The van der Waals surface area contributed by atoms with E-state index in [9.17, 15) is 10.2 Å². The lowest BCUT2D eigenvalue weighted by Gasteiger charge is -2.20. The van der Waals surface area contributed by atoms with Gasteiger partial charge in [0.05, 0.1) is 28.8 Å². The third kappa shape index (κ3) is 2.34. The molecular formula is C20H20N4O2. The monoisotopic (exact) mass is 348 g/mol. The summed E-state index contributed by atoms with van der Waals surface area (Å²) in [7, 11) is 0. The van der Waals surface area contributed by atoms with Crippen LogP contribution in [0.3, 0.4) is 0 Å². The molecular weight excluding hydrogens is 328 g/mol. The number of aliphatic hydroxyl groups is 1. The third-order valence-electron chi connectivity index (χ3n) is 4.72. The van der Waals surface area contributed by atoms with E-state index in [0.29, 0.717) is 23.6 Å². The molecule has 0 unspecified atom stereocenters. The van der Waals surface area contributed by atoms with Crippen LogP contribution in [-0.2, 0) is 6.54 Å². The highest BCUT2D eigenvalue weighted by Gasteiger charge is 2.33. The SMILES string of the molecule is CCn1c(C2=C(O)CN(c3cc(C)ccc3O)C2=N)nc2ccccc21. The number of aromatic nitrogens is 2. The highest BCUT2D eigenvalue weighted by Crippen LogP contribution is 2.36. The van der Waals surface area contributed by atoms with Crippen LogP contribution in [0.15, 0.2) is 48.2 Å². The van der Waals surface area contributed by atoms with Crippen LogP contribution in [0.5, 0.6) is 5.75 Å². The average Bonchev–Trinajstić information content (AvgIpc) is 3.13. The van der Waals surface area contributed by atoms with Crippen LogP contribution < -0.4 is 4.90 Å². The number of benzene rings is 2. The molecule has 4 rings (SSSR count). The van der Waals surface area contributed by atoms with Gasteiger partial charge >= 0.3 is 0 Å². The van der Waals surface area contributed by atoms with Gasteiger partial charge in [-0.2, -0.15) is 0 Å². The molecule has 0 spiro atoms. The van der Waals surface area contributed by atoms with Crippen LogP contribution in [0.2, 0.25) is 0 Å². The number of hydrogen-bond acceptors (Lipinski definition) is 4. The van der Waals surface area contributed by atoms with E-state index in [4.69, 9.17) is 5.41 Å². The van der Waals surface area contributed by atoms with Gasteiger partial charge in [-0.15, -0.1) is 0 Å². The molecule has 0 saturated heterocycles. The molecule has 2 heterocycles. The Hall–Kier alpha value is -3.28. The van der Waals surface area contributed by atoms with Crippen LogP contribution >= 0.6 is 0 Å². The number of aromatic hydroxyl groups is 1. The molecule has 0 aliphatic carbocycles. The van der Waals surface area contributed by atoms with Gasteiger partial charge < -0.3 is 19.7 Å². The second-order valence-corrected chi connectivity index (χ2v) is 6.42. The number of aliphatic hydroxyl groups excluding tert-OH is 1. The first-order chi connectivity index (χ1) is 12.5. The van der Waals surface area contributed by atoms with Gasteiger partial charge in [-0.05, 0) is 43.7 Å². The molecule has 1 aliphatic rings. The van der Waals surface area contributed by atoms with E-state index in [0.717, 1.165) is 16.6 Å². The van der Waals surface area contributed by atoms with Crippen LogP contribution in [-0.4, -0.2) is 32.1 Å². The minimum atomic E-state index is 0.0818. The smallest absolute Gasteiger partial charge is 0.148 e. The summed E-state index contributed by atoms with van der Waals surface area (Å²) in [5.74, 6) is 0.874. The second-order valence-electron chi connectivity index (χ2n) is 6.42. The molecule has 26 heavy (non-hydrogen) atoms. The third-order valence-corrected chi connectivity index (χ3v) is 4.72. The standard InChI is InChI=1S/C20H20N4O2/c1-3-23-14-7-5-4-6-13(14)22-20(23)18-17(26)11-24(19(18)21)15-10-12(2)8-9-16(15)25/h4-10,21,25-26H,3,11H2,1-2H3. The normalized spacial score (nSPS) is 14.7. The van der Waals surface area contributed by atoms with Crippen molar-refractivity contribution in [2.24, 2.45) is 0 Å². The second kappa shape index (κ2) is 5.91. The van der Waals surface area contributed by atoms with Gasteiger partial charge in [0.25, 0.3) is 0 Å². The van der Waals surface area contributed by atoms with Crippen molar-refractivity contribution in [1.29, 1.82) is 5.41 Å². The van der Waals surface area contributed by atoms with Crippen LogP contribution in [0, 0.1) is 12.3 Å². The number of imidazole rings is 1. The van der Waals surface area contributed by atoms with E-state index in [-0.39, 0.29) is 23.9 Å². The lowest BCUT2D eigenvalue weighted by atomic mass is 10.2. The van der Waals surface area contributed by atoms with Gasteiger partial charge in [-0.1, -0.05) is 18.2 Å². The molecule has 6 nitrogen and oxygen atoms in total. The van der Waals surface area contributed by atoms with Crippen molar-refractivity contribution in [3.8, 4) is 5.75 Å². The van der Waals surface area contributed by atoms with Crippen molar-refractivity contribution in [2.75, 3.05) is 11.4 Å². The molecule has 2 aromatic carbocycles. The average molecular weight is 348 g/mol. The Morgan fingerprint density at radius 2 is 1.92 bits per heavy atom. The fraction of sp³-hybridized carbons (Fsp3) is 0.200. The molecule has 3 aromatic rings. The lowest BCUT2D eigenvalue weighted by Crippen LogP contribution is -2.26. The van der Waals surface area contributed by atoms with E-state index in [2.05, 4.69) is 4.98 Å². The van der Waals surface area contributed by atoms with E-state index in [1.807, 2.05) is 54.8 Å². The molecule has 0 atom stereocenters. The van der Waals surface area contributed by atoms with E-state index in [1.54, 1.807) is 11.0 Å². The maximum atomic E-state index is 10.6. The Labute approximate surface area is 151 Å². The number of para-hydroxylation sites is 2.